The summed E-state index contributed by atoms with van der Waals surface area (Å²) in [6.07, 6.45) is 3.64. The molecular formula is C41H37N5O4. The Hall–Kier alpha value is -5.88. The van der Waals surface area contributed by atoms with Gasteiger partial charge < -0.3 is 14.5 Å². The van der Waals surface area contributed by atoms with Gasteiger partial charge in [0.2, 0.25) is 0 Å². The molecule has 0 bridgehead atoms. The summed E-state index contributed by atoms with van der Waals surface area (Å²) >= 11 is 0. The van der Waals surface area contributed by atoms with Crippen molar-refractivity contribution in [3.05, 3.63) is 131 Å². The van der Waals surface area contributed by atoms with Crippen molar-refractivity contribution in [1.82, 2.24) is 19.8 Å². The first-order valence-electron chi connectivity index (χ1n) is 17.2. The lowest BCUT2D eigenvalue weighted by molar-refractivity contribution is 0.0909. The van der Waals surface area contributed by atoms with E-state index in [1.807, 2.05) is 95.9 Å². The van der Waals surface area contributed by atoms with Gasteiger partial charge >= 0.3 is 12.2 Å². The summed E-state index contributed by atoms with van der Waals surface area (Å²) in [6.45, 7) is 1.82. The van der Waals surface area contributed by atoms with E-state index in [1.165, 1.54) is 0 Å². The van der Waals surface area contributed by atoms with E-state index in [4.69, 9.17) is 19.5 Å². The number of nitrogens with one attached hydrogen (secondary N) is 1. The second-order valence-electron chi connectivity index (χ2n) is 13.0. The van der Waals surface area contributed by atoms with Gasteiger partial charge in [0.05, 0.1) is 28.8 Å². The summed E-state index contributed by atoms with van der Waals surface area (Å²) < 4.78 is 11.3. The van der Waals surface area contributed by atoms with Crippen molar-refractivity contribution in [2.24, 2.45) is 4.99 Å². The number of hydrogen-bond acceptors (Lipinski definition) is 6. The number of rotatable bonds is 6. The number of aliphatic imine (C=N–C) groups is 1. The number of H-pyrrole nitrogens is 1. The van der Waals surface area contributed by atoms with Crippen LogP contribution in [0.5, 0.6) is 0 Å². The van der Waals surface area contributed by atoms with Gasteiger partial charge in [0.25, 0.3) is 0 Å². The highest BCUT2D eigenvalue weighted by Crippen LogP contribution is 2.34. The summed E-state index contributed by atoms with van der Waals surface area (Å²) in [5.74, 6) is 7.36. The Balaban J connectivity index is 0.925. The number of carbonyl (C=O) groups excluding carboxylic acids is 2. The molecule has 9 heteroatoms. The van der Waals surface area contributed by atoms with Crippen LogP contribution in [-0.4, -0.2) is 56.8 Å². The summed E-state index contributed by atoms with van der Waals surface area (Å²) in [6, 6.07) is 31.3. The third-order valence-corrected chi connectivity index (χ3v) is 9.66. The number of ether oxygens (including phenoxy) is 2. The number of aromatic amines is 1. The quantitative estimate of drug-likeness (QED) is 0.187. The highest BCUT2D eigenvalue weighted by Gasteiger charge is 2.36. The van der Waals surface area contributed by atoms with Gasteiger partial charge in [-0.3, -0.25) is 14.8 Å². The lowest BCUT2D eigenvalue weighted by atomic mass is 10.0. The molecule has 50 heavy (non-hydrogen) atoms. The Morgan fingerprint density at radius 2 is 1.34 bits per heavy atom. The summed E-state index contributed by atoms with van der Waals surface area (Å²) in [7, 11) is 0. The van der Waals surface area contributed by atoms with Gasteiger partial charge in [-0.15, -0.1) is 0 Å². The third kappa shape index (κ3) is 6.70. The number of nitrogens with zero attached hydrogens (tertiary/aromatic N) is 4. The molecule has 0 aliphatic carbocycles. The predicted molar refractivity (Wildman–Crippen MR) is 191 cm³/mol. The van der Waals surface area contributed by atoms with Crippen molar-refractivity contribution < 1.29 is 19.1 Å². The van der Waals surface area contributed by atoms with E-state index >= 15 is 0 Å². The van der Waals surface area contributed by atoms with Gasteiger partial charge in [-0.1, -0.05) is 78.6 Å². The van der Waals surface area contributed by atoms with Gasteiger partial charge in [0.1, 0.15) is 19.0 Å². The first kappa shape index (κ1) is 31.4. The molecular weight excluding hydrogens is 626 g/mol. The van der Waals surface area contributed by atoms with Gasteiger partial charge in [-0.2, -0.15) is 0 Å². The van der Waals surface area contributed by atoms with Crippen LogP contribution in [0, 0.1) is 11.8 Å². The molecule has 1 aromatic heterocycles. The molecule has 0 saturated carbocycles. The molecule has 2 atom stereocenters. The van der Waals surface area contributed by atoms with Gasteiger partial charge in [0.15, 0.2) is 0 Å². The lowest BCUT2D eigenvalue weighted by Crippen LogP contribution is -2.40. The molecule has 5 aromatic rings. The zero-order chi connectivity index (χ0) is 33.9. The number of carbonyl (C=O) groups is 2. The minimum Gasteiger partial charge on any atom is -0.445 e. The summed E-state index contributed by atoms with van der Waals surface area (Å²) in [5, 5.41) is 0. The van der Waals surface area contributed by atoms with Crippen molar-refractivity contribution in [1.29, 1.82) is 0 Å². The minimum absolute atomic E-state index is 0.0533. The fourth-order valence-corrected chi connectivity index (χ4v) is 7.09. The van der Waals surface area contributed by atoms with E-state index in [-0.39, 0.29) is 37.5 Å². The molecule has 1 N–H and O–H groups in total. The van der Waals surface area contributed by atoms with Gasteiger partial charge in [0, 0.05) is 36.3 Å². The zero-order valence-electron chi connectivity index (χ0n) is 27.7. The number of hydrogen-bond donors (Lipinski definition) is 1. The van der Waals surface area contributed by atoms with E-state index in [2.05, 4.69) is 22.9 Å². The Morgan fingerprint density at radius 3 is 2.02 bits per heavy atom. The SMILES string of the molecule is O=C(OCc1ccccc1)N1CCC[C@H]1C1=Nc2cc(C#Cc3ccc4nc([C@@H]5CCCN5C(=O)OCc5ccccc5)[nH]c4c3)ccc2C1. The molecule has 2 fully saturated rings. The van der Waals surface area contributed by atoms with Crippen LogP contribution < -0.4 is 0 Å². The van der Waals surface area contributed by atoms with Crippen molar-refractivity contribution >= 4 is 34.6 Å². The number of fused-ring (bicyclic) bond motifs is 2. The van der Waals surface area contributed by atoms with Crippen molar-refractivity contribution in [2.45, 2.75) is 57.4 Å². The molecule has 8 rings (SSSR count). The minimum atomic E-state index is -0.323. The average molecular weight is 664 g/mol. The van der Waals surface area contributed by atoms with E-state index in [9.17, 15) is 9.59 Å². The Kier molecular flexibility index (Phi) is 8.74. The van der Waals surface area contributed by atoms with Crippen LogP contribution in [0.4, 0.5) is 15.3 Å². The maximum atomic E-state index is 13.0. The monoisotopic (exact) mass is 663 g/mol. The van der Waals surface area contributed by atoms with E-state index in [0.29, 0.717) is 13.1 Å². The van der Waals surface area contributed by atoms with Crippen LogP contribution >= 0.6 is 0 Å². The first-order valence-corrected chi connectivity index (χ1v) is 17.2. The fraction of sp³-hybridized carbons (Fsp3) is 0.268. The molecule has 2 amide bonds. The maximum Gasteiger partial charge on any atom is 0.410 e. The molecule has 3 aliphatic rings. The molecule has 2 saturated heterocycles. The summed E-state index contributed by atoms with van der Waals surface area (Å²) in [4.78, 5) is 42.8. The van der Waals surface area contributed by atoms with Crippen LogP contribution in [0.2, 0.25) is 0 Å². The molecule has 4 aromatic carbocycles. The lowest BCUT2D eigenvalue weighted by Gasteiger charge is -2.24. The van der Waals surface area contributed by atoms with Crippen molar-refractivity contribution in [2.75, 3.05) is 13.1 Å². The Bertz CT molecular complexity index is 2130. The molecule has 3 aliphatic heterocycles. The van der Waals surface area contributed by atoms with Gasteiger partial charge in [-0.05, 0) is 72.7 Å². The smallest absolute Gasteiger partial charge is 0.410 e. The first-order chi connectivity index (χ1) is 24.6. The standard InChI is InChI=1S/C41H37N5O4/c47-40(49-26-30-9-3-1-4-10-30)45-21-7-13-37(45)36-25-32-19-17-28(23-34(32)42-36)15-16-29-18-20-33-35(24-29)44-39(43-33)38-14-8-22-46(38)41(48)50-27-31-11-5-2-6-12-31/h1-6,9-12,17-20,23-24,37-38H,7-8,13-14,21-22,25-27H2,(H,43,44)/t37-,38-/m0/s1. The largest absolute Gasteiger partial charge is 0.445 e. The highest BCUT2D eigenvalue weighted by atomic mass is 16.6. The predicted octanol–water partition coefficient (Wildman–Crippen LogP) is 7.87. The summed E-state index contributed by atoms with van der Waals surface area (Å²) in [5.41, 5.74) is 8.44. The van der Waals surface area contributed by atoms with Crippen LogP contribution in [0.25, 0.3) is 11.0 Å². The average Bonchev–Trinajstić information content (AvgIpc) is 3.98. The number of aromatic nitrogens is 2. The number of amides is 2. The third-order valence-electron chi connectivity index (χ3n) is 9.66. The number of imidazole rings is 1. The fourth-order valence-electron chi connectivity index (χ4n) is 7.09. The van der Waals surface area contributed by atoms with Gasteiger partial charge in [-0.25, -0.2) is 14.6 Å². The number of likely N-dealkylation sites (tertiary alicyclic amines) is 2. The molecule has 0 unspecified atom stereocenters. The molecule has 250 valence electrons. The van der Waals surface area contributed by atoms with Crippen molar-refractivity contribution in [3.8, 4) is 11.8 Å². The molecule has 0 radical (unpaired) electrons. The second-order valence-corrected chi connectivity index (χ2v) is 13.0. The van der Waals surface area contributed by atoms with E-state index < -0.39 is 0 Å². The molecule has 0 spiro atoms. The second kappa shape index (κ2) is 13.9. The van der Waals surface area contributed by atoms with E-state index in [0.717, 1.165) is 88.2 Å². The normalized spacial score (nSPS) is 18.0. The van der Waals surface area contributed by atoms with Crippen LogP contribution in [-0.2, 0) is 29.1 Å². The van der Waals surface area contributed by atoms with Crippen LogP contribution in [0.15, 0.2) is 102 Å². The number of benzene rings is 4. The van der Waals surface area contributed by atoms with E-state index in [1.54, 1.807) is 4.90 Å². The Morgan fingerprint density at radius 1 is 0.740 bits per heavy atom. The van der Waals surface area contributed by atoms with Crippen LogP contribution in [0.1, 0.15) is 65.4 Å². The van der Waals surface area contributed by atoms with Crippen LogP contribution in [0.3, 0.4) is 0 Å². The topological polar surface area (TPSA) is 100 Å². The molecule has 4 heterocycles. The zero-order valence-corrected chi connectivity index (χ0v) is 27.7. The maximum absolute atomic E-state index is 13.0. The van der Waals surface area contributed by atoms with Crippen molar-refractivity contribution in [3.63, 3.8) is 0 Å². The highest BCUT2D eigenvalue weighted by molar-refractivity contribution is 5.99. The Labute approximate surface area is 290 Å². The molecule has 9 nitrogen and oxygen atoms in total.